The summed E-state index contributed by atoms with van der Waals surface area (Å²) in [5.41, 5.74) is 2.39. The summed E-state index contributed by atoms with van der Waals surface area (Å²) in [7, 11) is 3.56. The van der Waals surface area contributed by atoms with Crippen molar-refractivity contribution in [1.82, 2.24) is 18.7 Å². The van der Waals surface area contributed by atoms with Crippen molar-refractivity contribution in [2.24, 2.45) is 14.1 Å². The molecule has 4 rings (SSSR count). The average molecular weight is 381 g/mol. The van der Waals surface area contributed by atoms with Gasteiger partial charge < -0.3 is 9.47 Å². The van der Waals surface area contributed by atoms with E-state index in [4.69, 9.17) is 4.98 Å². The standard InChI is InChI=1S/C21H27N5O2/c1-15-8-10-16(11-9-15)14-26-19(27)17-18(24(3)21(26)28)22-20(23(17)2)25-12-6-4-5-7-13-25/h8-11H,4-7,12-14H2,1-3H3. The number of rotatable bonds is 3. The summed E-state index contributed by atoms with van der Waals surface area (Å²) in [6, 6.07) is 7.89. The van der Waals surface area contributed by atoms with Gasteiger partial charge in [-0.25, -0.2) is 4.79 Å². The first kappa shape index (κ1) is 18.5. The third-order valence-corrected chi connectivity index (χ3v) is 5.69. The maximum atomic E-state index is 13.2. The quantitative estimate of drug-likeness (QED) is 0.697. The van der Waals surface area contributed by atoms with Crippen molar-refractivity contribution < 1.29 is 0 Å². The number of aromatic nitrogens is 4. The molecule has 0 unspecified atom stereocenters. The lowest BCUT2D eigenvalue weighted by Crippen LogP contribution is -2.39. The molecule has 3 heterocycles. The highest BCUT2D eigenvalue weighted by Crippen LogP contribution is 2.21. The zero-order valence-electron chi connectivity index (χ0n) is 16.8. The molecule has 28 heavy (non-hydrogen) atoms. The minimum atomic E-state index is -0.335. The van der Waals surface area contributed by atoms with Gasteiger partial charge in [0, 0.05) is 27.2 Å². The van der Waals surface area contributed by atoms with Crippen molar-refractivity contribution >= 4 is 17.1 Å². The second-order valence-electron chi connectivity index (χ2n) is 7.76. The minimum Gasteiger partial charge on any atom is -0.342 e. The molecule has 1 aliphatic heterocycles. The number of hydrogen-bond donors (Lipinski definition) is 0. The van der Waals surface area contributed by atoms with E-state index in [0.29, 0.717) is 11.2 Å². The molecule has 1 aliphatic rings. The van der Waals surface area contributed by atoms with Crippen LogP contribution in [0.2, 0.25) is 0 Å². The predicted molar refractivity (Wildman–Crippen MR) is 111 cm³/mol. The molecule has 3 aromatic rings. The zero-order chi connectivity index (χ0) is 19.8. The lowest BCUT2D eigenvalue weighted by molar-refractivity contribution is 0.655. The Kier molecular flexibility index (Phi) is 4.83. The van der Waals surface area contributed by atoms with Crippen LogP contribution < -0.4 is 16.1 Å². The van der Waals surface area contributed by atoms with Crippen LogP contribution in [-0.4, -0.2) is 31.8 Å². The summed E-state index contributed by atoms with van der Waals surface area (Å²) >= 11 is 0. The molecule has 0 radical (unpaired) electrons. The van der Waals surface area contributed by atoms with Crippen LogP contribution >= 0.6 is 0 Å². The van der Waals surface area contributed by atoms with Crippen LogP contribution in [0.5, 0.6) is 0 Å². The Bertz CT molecular complexity index is 1110. The summed E-state index contributed by atoms with van der Waals surface area (Å²) in [5.74, 6) is 0.775. The highest BCUT2D eigenvalue weighted by atomic mass is 16.2. The third-order valence-electron chi connectivity index (χ3n) is 5.69. The van der Waals surface area contributed by atoms with Crippen LogP contribution in [0.4, 0.5) is 5.95 Å². The molecule has 1 aromatic carbocycles. The van der Waals surface area contributed by atoms with Gasteiger partial charge in [0.1, 0.15) is 0 Å². The molecule has 0 atom stereocenters. The SMILES string of the molecule is Cc1ccc(Cn2c(=O)c3c(nc(N4CCCCCC4)n3C)n(C)c2=O)cc1. The first-order valence-electron chi connectivity index (χ1n) is 9.94. The van der Waals surface area contributed by atoms with Crippen molar-refractivity contribution in [2.45, 2.75) is 39.2 Å². The van der Waals surface area contributed by atoms with Gasteiger partial charge in [0.05, 0.1) is 6.54 Å². The maximum Gasteiger partial charge on any atom is 0.332 e. The first-order chi connectivity index (χ1) is 13.5. The van der Waals surface area contributed by atoms with E-state index in [1.54, 1.807) is 7.05 Å². The Balaban J connectivity index is 1.84. The fourth-order valence-electron chi connectivity index (χ4n) is 4.00. The number of hydrogen-bond acceptors (Lipinski definition) is 4. The smallest absolute Gasteiger partial charge is 0.332 e. The maximum absolute atomic E-state index is 13.2. The Labute approximate surface area is 163 Å². The topological polar surface area (TPSA) is 65.1 Å². The summed E-state index contributed by atoms with van der Waals surface area (Å²) < 4.78 is 4.65. The van der Waals surface area contributed by atoms with Crippen LogP contribution in [0.15, 0.2) is 33.9 Å². The van der Waals surface area contributed by atoms with Gasteiger partial charge in [0.2, 0.25) is 5.95 Å². The lowest BCUT2D eigenvalue weighted by atomic mass is 10.1. The molecule has 0 bridgehead atoms. The summed E-state index contributed by atoms with van der Waals surface area (Å²) in [6.45, 7) is 4.14. The molecule has 7 heteroatoms. The van der Waals surface area contributed by atoms with Gasteiger partial charge in [0.15, 0.2) is 11.2 Å². The molecule has 0 N–H and O–H groups in total. The van der Waals surface area contributed by atoms with Gasteiger partial charge in [-0.15, -0.1) is 0 Å². The van der Waals surface area contributed by atoms with Crippen LogP contribution in [0, 0.1) is 6.92 Å². The highest BCUT2D eigenvalue weighted by molar-refractivity contribution is 5.74. The van der Waals surface area contributed by atoms with Crippen molar-refractivity contribution in [3.8, 4) is 0 Å². The van der Waals surface area contributed by atoms with E-state index in [9.17, 15) is 9.59 Å². The minimum absolute atomic E-state index is 0.256. The predicted octanol–water partition coefficient (Wildman–Crippen LogP) is 2.17. The highest BCUT2D eigenvalue weighted by Gasteiger charge is 2.22. The van der Waals surface area contributed by atoms with Gasteiger partial charge in [-0.1, -0.05) is 42.7 Å². The second kappa shape index (κ2) is 7.30. The molecule has 2 aromatic heterocycles. The second-order valence-corrected chi connectivity index (χ2v) is 7.76. The van der Waals surface area contributed by atoms with E-state index in [-0.39, 0.29) is 17.8 Å². The Morgan fingerprint density at radius 2 is 1.57 bits per heavy atom. The number of fused-ring (bicyclic) bond motifs is 1. The van der Waals surface area contributed by atoms with E-state index in [2.05, 4.69) is 4.90 Å². The van der Waals surface area contributed by atoms with Gasteiger partial charge >= 0.3 is 5.69 Å². The zero-order valence-corrected chi connectivity index (χ0v) is 16.8. The fourth-order valence-corrected chi connectivity index (χ4v) is 4.00. The van der Waals surface area contributed by atoms with Gasteiger partial charge in [-0.3, -0.25) is 13.9 Å². The number of aryl methyl sites for hydroxylation is 3. The van der Waals surface area contributed by atoms with Crippen LogP contribution in [0.1, 0.15) is 36.8 Å². The van der Waals surface area contributed by atoms with Crippen LogP contribution in [0.25, 0.3) is 11.2 Å². The van der Waals surface area contributed by atoms with E-state index in [1.807, 2.05) is 42.8 Å². The van der Waals surface area contributed by atoms with Crippen molar-refractivity contribution in [3.05, 3.63) is 56.2 Å². The van der Waals surface area contributed by atoms with Gasteiger partial charge in [-0.2, -0.15) is 4.98 Å². The number of benzene rings is 1. The Morgan fingerprint density at radius 1 is 0.929 bits per heavy atom. The number of nitrogens with zero attached hydrogens (tertiary/aromatic N) is 5. The molecule has 148 valence electrons. The van der Waals surface area contributed by atoms with Crippen LogP contribution in [-0.2, 0) is 20.6 Å². The summed E-state index contributed by atoms with van der Waals surface area (Å²) in [6.07, 6.45) is 4.70. The molecule has 0 amide bonds. The van der Waals surface area contributed by atoms with E-state index in [1.165, 1.54) is 22.0 Å². The number of anilines is 1. The van der Waals surface area contributed by atoms with Gasteiger partial charge in [-0.05, 0) is 25.3 Å². The molecule has 1 saturated heterocycles. The van der Waals surface area contributed by atoms with E-state index >= 15 is 0 Å². The molecule has 0 saturated carbocycles. The van der Waals surface area contributed by atoms with Crippen molar-refractivity contribution in [2.75, 3.05) is 18.0 Å². The molecule has 0 spiro atoms. The largest absolute Gasteiger partial charge is 0.342 e. The van der Waals surface area contributed by atoms with Crippen molar-refractivity contribution in [1.29, 1.82) is 0 Å². The van der Waals surface area contributed by atoms with Gasteiger partial charge in [0.25, 0.3) is 5.56 Å². The van der Waals surface area contributed by atoms with Crippen molar-refractivity contribution in [3.63, 3.8) is 0 Å². The first-order valence-corrected chi connectivity index (χ1v) is 9.94. The Morgan fingerprint density at radius 3 is 2.21 bits per heavy atom. The molecule has 0 aliphatic carbocycles. The third kappa shape index (κ3) is 3.15. The fraction of sp³-hybridized carbons (Fsp3) is 0.476. The summed E-state index contributed by atoms with van der Waals surface area (Å²) in [5, 5.41) is 0. The van der Waals surface area contributed by atoms with E-state index < -0.39 is 0 Å². The summed E-state index contributed by atoms with van der Waals surface area (Å²) in [4.78, 5) is 33.1. The average Bonchev–Trinajstić information content (AvgIpc) is 2.85. The monoisotopic (exact) mass is 381 g/mol. The number of imidazole rings is 1. The molecular formula is C21H27N5O2. The normalized spacial score (nSPS) is 15.2. The molecule has 1 fully saturated rings. The van der Waals surface area contributed by atoms with Crippen LogP contribution in [0.3, 0.4) is 0 Å². The van der Waals surface area contributed by atoms with E-state index in [0.717, 1.165) is 43.0 Å². The Hall–Kier alpha value is -2.83. The lowest BCUT2D eigenvalue weighted by Gasteiger charge is -2.20. The molecule has 7 nitrogen and oxygen atoms in total. The molecular weight excluding hydrogens is 354 g/mol.